The van der Waals surface area contributed by atoms with Gasteiger partial charge in [-0.2, -0.15) is 0 Å². The van der Waals surface area contributed by atoms with E-state index >= 15 is 4.39 Å². The molecule has 0 bridgehead atoms. The first-order valence-electron chi connectivity index (χ1n) is 12.6. The van der Waals surface area contributed by atoms with Crippen molar-refractivity contribution in [2.75, 3.05) is 38.7 Å². The largest absolute Gasteiger partial charge is 0.496 e. The second-order valence-electron chi connectivity index (χ2n) is 8.77. The predicted octanol–water partition coefficient (Wildman–Crippen LogP) is 5.17. The Hall–Kier alpha value is -3.31. The zero-order valence-corrected chi connectivity index (χ0v) is 23.4. The number of hydrogen-bond acceptors (Lipinski definition) is 8. The number of rotatable bonds is 13. The zero-order chi connectivity index (χ0) is 28.5. The maximum absolute atomic E-state index is 15.1. The maximum atomic E-state index is 15.1. The van der Waals surface area contributed by atoms with Gasteiger partial charge in [0.15, 0.2) is 11.6 Å². The van der Waals surface area contributed by atoms with E-state index in [0.29, 0.717) is 63.5 Å². The highest BCUT2D eigenvalue weighted by molar-refractivity contribution is 6.39. The molecule has 11 heteroatoms. The summed E-state index contributed by atoms with van der Waals surface area (Å²) in [6.07, 6.45) is 3.16. The summed E-state index contributed by atoms with van der Waals surface area (Å²) in [5.74, 6) is 0.186. The lowest BCUT2D eigenvalue weighted by atomic mass is 10.0. The molecule has 0 aliphatic rings. The summed E-state index contributed by atoms with van der Waals surface area (Å²) in [5, 5.41) is 27.8. The van der Waals surface area contributed by atoms with E-state index < -0.39 is 5.82 Å². The van der Waals surface area contributed by atoms with E-state index in [1.807, 2.05) is 24.3 Å². The third kappa shape index (κ3) is 6.87. The van der Waals surface area contributed by atoms with Crippen LogP contribution in [0.4, 0.5) is 15.9 Å². The van der Waals surface area contributed by atoms with Crippen LogP contribution >= 0.6 is 23.2 Å². The molecule has 4 rings (SSSR count). The number of anilines is 2. The third-order valence-electron chi connectivity index (χ3n) is 6.17. The van der Waals surface area contributed by atoms with E-state index in [0.717, 1.165) is 11.1 Å². The van der Waals surface area contributed by atoms with Gasteiger partial charge >= 0.3 is 0 Å². The number of benzene rings is 2. The maximum Gasteiger partial charge on any atom is 0.170 e. The van der Waals surface area contributed by atoms with Crippen LogP contribution < -0.4 is 20.7 Å². The van der Waals surface area contributed by atoms with Crippen LogP contribution in [0.3, 0.4) is 0 Å². The molecule has 0 saturated carbocycles. The summed E-state index contributed by atoms with van der Waals surface area (Å²) in [5.41, 5.74) is 4.41. The van der Waals surface area contributed by atoms with Crippen molar-refractivity contribution in [3.63, 3.8) is 0 Å². The Morgan fingerprint density at radius 3 is 2.27 bits per heavy atom. The SMILES string of the molecule is COc1cc(-c2nccc(-c3cccc(Nc4nccc(CNCCO)c4F)c3Cl)c2Cl)ccc1CNCCO. The van der Waals surface area contributed by atoms with Crippen LogP contribution in [0.1, 0.15) is 11.1 Å². The van der Waals surface area contributed by atoms with E-state index in [1.165, 1.54) is 6.20 Å². The van der Waals surface area contributed by atoms with Gasteiger partial charge in [0.25, 0.3) is 0 Å². The Morgan fingerprint density at radius 2 is 1.55 bits per heavy atom. The first-order valence-corrected chi connectivity index (χ1v) is 13.4. The van der Waals surface area contributed by atoms with Crippen molar-refractivity contribution in [1.29, 1.82) is 0 Å². The van der Waals surface area contributed by atoms with Gasteiger partial charge < -0.3 is 30.9 Å². The smallest absolute Gasteiger partial charge is 0.170 e. The number of nitrogens with zero attached hydrogens (tertiary/aromatic N) is 2. The number of ether oxygens (including phenoxy) is 1. The minimum absolute atomic E-state index is 0.0320. The molecule has 2 aromatic carbocycles. The molecule has 0 spiro atoms. The van der Waals surface area contributed by atoms with Crippen LogP contribution in [0.5, 0.6) is 5.75 Å². The van der Waals surface area contributed by atoms with Crippen LogP contribution in [0, 0.1) is 5.82 Å². The number of nitrogens with one attached hydrogen (secondary N) is 3. The average molecular weight is 586 g/mol. The number of aliphatic hydroxyl groups is 2. The van der Waals surface area contributed by atoms with E-state index in [1.54, 1.807) is 37.6 Å². The molecule has 0 atom stereocenters. The van der Waals surface area contributed by atoms with E-state index in [-0.39, 0.29) is 25.6 Å². The molecule has 0 unspecified atom stereocenters. The number of methoxy groups -OCH3 is 1. The minimum Gasteiger partial charge on any atom is -0.496 e. The molecule has 8 nitrogen and oxygen atoms in total. The molecule has 0 radical (unpaired) electrons. The highest BCUT2D eigenvalue weighted by Gasteiger charge is 2.18. The van der Waals surface area contributed by atoms with Gasteiger partial charge in [0.2, 0.25) is 0 Å². The first-order chi connectivity index (χ1) is 19.5. The van der Waals surface area contributed by atoms with Gasteiger partial charge in [-0.3, -0.25) is 4.98 Å². The number of pyridine rings is 2. The van der Waals surface area contributed by atoms with Gasteiger partial charge in [0, 0.05) is 66.4 Å². The summed E-state index contributed by atoms with van der Waals surface area (Å²) >= 11 is 13.7. The summed E-state index contributed by atoms with van der Waals surface area (Å²) < 4.78 is 20.7. The Labute approximate surface area is 242 Å². The van der Waals surface area contributed by atoms with Crippen molar-refractivity contribution in [2.45, 2.75) is 13.1 Å². The highest BCUT2D eigenvalue weighted by atomic mass is 35.5. The molecular formula is C29H30Cl2FN5O3. The van der Waals surface area contributed by atoms with Crippen molar-refractivity contribution < 1.29 is 19.3 Å². The molecule has 4 aromatic rings. The molecular weight excluding hydrogens is 556 g/mol. The molecule has 0 aliphatic heterocycles. The molecule has 0 aliphatic carbocycles. The Bertz CT molecular complexity index is 1460. The lowest BCUT2D eigenvalue weighted by molar-refractivity contribution is 0.291. The fraction of sp³-hybridized carbons (Fsp3) is 0.241. The summed E-state index contributed by atoms with van der Waals surface area (Å²) in [7, 11) is 1.59. The minimum atomic E-state index is -0.511. The molecule has 0 saturated heterocycles. The van der Waals surface area contributed by atoms with E-state index in [9.17, 15) is 0 Å². The molecule has 2 aromatic heterocycles. The molecule has 5 N–H and O–H groups in total. The second-order valence-corrected chi connectivity index (χ2v) is 9.53. The Balaban J connectivity index is 1.64. The van der Waals surface area contributed by atoms with Crippen molar-refractivity contribution in [3.05, 3.63) is 87.9 Å². The summed E-state index contributed by atoms with van der Waals surface area (Å²) in [6.45, 7) is 1.63. The van der Waals surface area contributed by atoms with Crippen LogP contribution in [0.2, 0.25) is 10.0 Å². The van der Waals surface area contributed by atoms with Crippen LogP contribution in [0.15, 0.2) is 60.9 Å². The number of halogens is 3. The Kier molecular flexibility index (Phi) is 10.7. The third-order valence-corrected chi connectivity index (χ3v) is 6.96. The number of aliphatic hydroxyl groups excluding tert-OH is 2. The number of hydrogen-bond donors (Lipinski definition) is 5. The number of aromatic nitrogens is 2. The van der Waals surface area contributed by atoms with Gasteiger partial charge in [0.05, 0.1) is 41.8 Å². The monoisotopic (exact) mass is 585 g/mol. The van der Waals surface area contributed by atoms with Crippen molar-refractivity contribution >= 4 is 34.7 Å². The van der Waals surface area contributed by atoms with Gasteiger partial charge in [-0.1, -0.05) is 47.5 Å². The zero-order valence-electron chi connectivity index (χ0n) is 21.8. The quantitative estimate of drug-likeness (QED) is 0.137. The van der Waals surface area contributed by atoms with Gasteiger partial charge in [0.1, 0.15) is 5.75 Å². The van der Waals surface area contributed by atoms with Gasteiger partial charge in [-0.05, 0) is 24.3 Å². The molecule has 0 amide bonds. The predicted molar refractivity (Wildman–Crippen MR) is 157 cm³/mol. The van der Waals surface area contributed by atoms with Crippen LogP contribution in [-0.4, -0.2) is 53.6 Å². The lowest BCUT2D eigenvalue weighted by Gasteiger charge is -2.16. The fourth-order valence-corrected chi connectivity index (χ4v) is 4.76. The van der Waals surface area contributed by atoms with E-state index in [2.05, 4.69) is 25.9 Å². The standard InChI is InChI=1S/C29H30Cl2FN5O3/c1-40-24-15-18(5-6-19(24)16-33-11-13-38)28-26(31)22(8-10-35-28)21-3-2-4-23(25(21)30)37-29-27(32)20(7-9-36-29)17-34-12-14-39/h2-10,15,33-34,38-39H,11-14,16-17H2,1H3,(H,36,37). The van der Waals surface area contributed by atoms with Gasteiger partial charge in [-0.25, -0.2) is 9.37 Å². The average Bonchev–Trinajstić information content (AvgIpc) is 2.97. The van der Waals surface area contributed by atoms with Crippen molar-refractivity contribution in [3.8, 4) is 28.1 Å². The lowest BCUT2D eigenvalue weighted by Crippen LogP contribution is -2.18. The van der Waals surface area contributed by atoms with Crippen LogP contribution in [-0.2, 0) is 13.1 Å². The van der Waals surface area contributed by atoms with Crippen molar-refractivity contribution in [2.24, 2.45) is 0 Å². The molecule has 40 heavy (non-hydrogen) atoms. The van der Waals surface area contributed by atoms with Crippen LogP contribution in [0.25, 0.3) is 22.4 Å². The summed E-state index contributed by atoms with van der Waals surface area (Å²) in [6, 6.07) is 14.4. The fourth-order valence-electron chi connectivity index (χ4n) is 4.17. The second kappa shape index (κ2) is 14.4. The van der Waals surface area contributed by atoms with Gasteiger partial charge in [-0.15, -0.1) is 0 Å². The molecule has 0 fully saturated rings. The molecule has 210 valence electrons. The molecule has 2 heterocycles. The van der Waals surface area contributed by atoms with Crippen molar-refractivity contribution in [1.82, 2.24) is 20.6 Å². The Morgan fingerprint density at radius 1 is 0.850 bits per heavy atom. The summed E-state index contributed by atoms with van der Waals surface area (Å²) in [4.78, 5) is 8.65. The highest BCUT2D eigenvalue weighted by Crippen LogP contribution is 2.41. The van der Waals surface area contributed by atoms with E-state index in [4.69, 9.17) is 38.2 Å². The first kappa shape index (κ1) is 29.7. The normalized spacial score (nSPS) is 11.1. The topological polar surface area (TPSA) is 112 Å².